The van der Waals surface area contributed by atoms with Gasteiger partial charge < -0.3 is 15.2 Å². The van der Waals surface area contributed by atoms with E-state index in [0.29, 0.717) is 36.0 Å². The second-order valence-corrected chi connectivity index (χ2v) is 5.64. The highest BCUT2D eigenvalue weighted by molar-refractivity contribution is 5.96. The molecule has 20 heavy (non-hydrogen) atoms. The molecule has 0 aromatic carbocycles. The Bertz CT molecular complexity index is 450. The lowest BCUT2D eigenvalue weighted by atomic mass is 9.83. The Balaban J connectivity index is 2.25. The van der Waals surface area contributed by atoms with Crippen LogP contribution >= 0.6 is 0 Å². The molecule has 5 heteroatoms. The number of amides is 1. The second kappa shape index (κ2) is 6.39. The van der Waals surface area contributed by atoms with Gasteiger partial charge in [-0.05, 0) is 46.1 Å². The number of aromatic nitrogens is 1. The van der Waals surface area contributed by atoms with Gasteiger partial charge in [0.15, 0.2) is 0 Å². The first-order valence-electron chi connectivity index (χ1n) is 7.54. The van der Waals surface area contributed by atoms with Gasteiger partial charge in [0.25, 0.3) is 5.91 Å². The molecule has 0 saturated heterocycles. The van der Waals surface area contributed by atoms with Crippen molar-refractivity contribution in [1.82, 2.24) is 10.1 Å². The molecule has 1 aromatic heterocycles. The van der Waals surface area contributed by atoms with Crippen LogP contribution in [0.15, 0.2) is 4.52 Å². The average molecular weight is 279 g/mol. The van der Waals surface area contributed by atoms with Crippen molar-refractivity contribution in [3.05, 3.63) is 17.0 Å². The van der Waals surface area contributed by atoms with Crippen LogP contribution in [-0.2, 0) is 0 Å². The quantitative estimate of drug-likeness (QED) is 0.917. The van der Waals surface area contributed by atoms with Crippen molar-refractivity contribution in [2.24, 2.45) is 11.7 Å². The Labute approximate surface area is 120 Å². The van der Waals surface area contributed by atoms with Crippen molar-refractivity contribution in [2.75, 3.05) is 13.1 Å². The van der Waals surface area contributed by atoms with Gasteiger partial charge in [0.1, 0.15) is 11.3 Å². The number of carbonyl (C=O) groups is 1. The maximum Gasteiger partial charge on any atom is 0.259 e. The van der Waals surface area contributed by atoms with Gasteiger partial charge in [-0.1, -0.05) is 18.0 Å². The fourth-order valence-corrected chi connectivity index (χ4v) is 3.33. The van der Waals surface area contributed by atoms with E-state index in [2.05, 4.69) is 5.16 Å². The first-order valence-corrected chi connectivity index (χ1v) is 7.54. The number of nitrogens with zero attached hydrogens (tertiary/aromatic N) is 2. The van der Waals surface area contributed by atoms with Gasteiger partial charge >= 0.3 is 0 Å². The molecule has 1 aliphatic rings. The normalized spacial score (nSPS) is 22.8. The summed E-state index contributed by atoms with van der Waals surface area (Å²) in [6.07, 6.45) is 4.55. The summed E-state index contributed by atoms with van der Waals surface area (Å²) in [6.45, 7) is 6.99. The largest absolute Gasteiger partial charge is 0.361 e. The van der Waals surface area contributed by atoms with Crippen molar-refractivity contribution in [3.63, 3.8) is 0 Å². The second-order valence-electron chi connectivity index (χ2n) is 5.64. The Morgan fingerprint density at radius 2 is 2.10 bits per heavy atom. The van der Waals surface area contributed by atoms with E-state index in [1.165, 1.54) is 12.8 Å². The highest BCUT2D eigenvalue weighted by Crippen LogP contribution is 2.29. The lowest BCUT2D eigenvalue weighted by molar-refractivity contribution is 0.0557. The highest BCUT2D eigenvalue weighted by Gasteiger charge is 2.33. The number of hydrogen-bond acceptors (Lipinski definition) is 4. The Morgan fingerprint density at radius 1 is 1.40 bits per heavy atom. The first-order chi connectivity index (χ1) is 9.60. The topological polar surface area (TPSA) is 72.4 Å². The Morgan fingerprint density at radius 3 is 2.65 bits per heavy atom. The Hall–Kier alpha value is -1.36. The van der Waals surface area contributed by atoms with Gasteiger partial charge in [-0.3, -0.25) is 4.79 Å². The van der Waals surface area contributed by atoms with Crippen LogP contribution in [0.3, 0.4) is 0 Å². The maximum absolute atomic E-state index is 12.8. The molecule has 1 fully saturated rings. The van der Waals surface area contributed by atoms with Gasteiger partial charge in [0.05, 0.1) is 5.69 Å². The van der Waals surface area contributed by atoms with Crippen LogP contribution in [-0.4, -0.2) is 35.1 Å². The molecule has 5 nitrogen and oxygen atoms in total. The van der Waals surface area contributed by atoms with E-state index in [1.54, 1.807) is 6.92 Å². The van der Waals surface area contributed by atoms with Crippen LogP contribution in [0.5, 0.6) is 0 Å². The summed E-state index contributed by atoms with van der Waals surface area (Å²) in [4.78, 5) is 14.8. The minimum absolute atomic E-state index is 0.0362. The summed E-state index contributed by atoms with van der Waals surface area (Å²) >= 11 is 0. The van der Waals surface area contributed by atoms with Crippen molar-refractivity contribution < 1.29 is 9.32 Å². The smallest absolute Gasteiger partial charge is 0.259 e. The molecule has 2 N–H and O–H groups in total. The lowest BCUT2D eigenvalue weighted by Crippen LogP contribution is -2.48. The molecule has 112 valence electrons. The summed E-state index contributed by atoms with van der Waals surface area (Å²) in [5.41, 5.74) is 7.19. The molecule has 0 aliphatic heterocycles. The molecule has 1 aliphatic carbocycles. The maximum atomic E-state index is 12.8. The minimum atomic E-state index is 0.0362. The third-order valence-corrected chi connectivity index (χ3v) is 4.42. The molecule has 2 rings (SSSR count). The van der Waals surface area contributed by atoms with E-state index in [0.717, 1.165) is 12.8 Å². The summed E-state index contributed by atoms with van der Waals surface area (Å²) in [5.74, 6) is 1.05. The fourth-order valence-electron chi connectivity index (χ4n) is 3.33. The molecular formula is C15H25N3O2. The molecular weight excluding hydrogens is 254 g/mol. The lowest BCUT2D eigenvalue weighted by Gasteiger charge is -2.39. The predicted octanol–water partition coefficient (Wildman–Crippen LogP) is 2.27. The van der Waals surface area contributed by atoms with Gasteiger partial charge in [-0.2, -0.15) is 0 Å². The fraction of sp³-hybridized carbons (Fsp3) is 0.733. The predicted molar refractivity (Wildman–Crippen MR) is 77.5 cm³/mol. The number of aryl methyl sites for hydroxylation is 2. The van der Waals surface area contributed by atoms with E-state index in [-0.39, 0.29) is 11.9 Å². The number of hydrogen-bond donors (Lipinski definition) is 1. The molecule has 2 atom stereocenters. The molecule has 0 radical (unpaired) electrons. The molecule has 0 bridgehead atoms. The summed E-state index contributed by atoms with van der Waals surface area (Å²) < 4.78 is 5.13. The van der Waals surface area contributed by atoms with Crippen molar-refractivity contribution in [3.8, 4) is 0 Å². The SMILES string of the molecule is CCN(C(=O)c1c(C)noc1C)C1CCCCC1CN. The summed E-state index contributed by atoms with van der Waals surface area (Å²) in [5, 5.41) is 3.89. The first kappa shape index (κ1) is 15.0. The van der Waals surface area contributed by atoms with E-state index >= 15 is 0 Å². The standard InChI is InChI=1S/C15H25N3O2/c1-4-18(13-8-6-5-7-12(13)9-16)15(19)14-10(2)17-20-11(14)3/h12-13H,4-9,16H2,1-3H3. The number of nitrogens with two attached hydrogens (primary N) is 1. The third-order valence-electron chi connectivity index (χ3n) is 4.42. The van der Waals surface area contributed by atoms with E-state index in [1.807, 2.05) is 18.7 Å². The van der Waals surface area contributed by atoms with Crippen LogP contribution in [0, 0.1) is 19.8 Å². The molecule has 1 amide bonds. The summed E-state index contributed by atoms with van der Waals surface area (Å²) in [6, 6.07) is 0.250. The highest BCUT2D eigenvalue weighted by atomic mass is 16.5. The van der Waals surface area contributed by atoms with Crippen LogP contribution in [0.1, 0.15) is 54.4 Å². The van der Waals surface area contributed by atoms with Crippen LogP contribution < -0.4 is 5.73 Å². The van der Waals surface area contributed by atoms with Crippen LogP contribution in [0.2, 0.25) is 0 Å². The van der Waals surface area contributed by atoms with Crippen LogP contribution in [0.25, 0.3) is 0 Å². The molecule has 0 spiro atoms. The number of rotatable bonds is 4. The molecule has 1 aromatic rings. The van der Waals surface area contributed by atoms with Gasteiger partial charge in [-0.25, -0.2) is 0 Å². The number of carbonyl (C=O) groups excluding carboxylic acids is 1. The third kappa shape index (κ3) is 2.73. The minimum Gasteiger partial charge on any atom is -0.361 e. The van der Waals surface area contributed by atoms with Crippen molar-refractivity contribution in [2.45, 2.75) is 52.5 Å². The monoisotopic (exact) mass is 279 g/mol. The van der Waals surface area contributed by atoms with Gasteiger partial charge in [0.2, 0.25) is 0 Å². The van der Waals surface area contributed by atoms with E-state index < -0.39 is 0 Å². The zero-order valence-electron chi connectivity index (χ0n) is 12.7. The molecule has 2 unspecified atom stereocenters. The van der Waals surface area contributed by atoms with Gasteiger partial charge in [0, 0.05) is 12.6 Å². The van der Waals surface area contributed by atoms with Crippen molar-refractivity contribution >= 4 is 5.91 Å². The zero-order valence-corrected chi connectivity index (χ0v) is 12.7. The van der Waals surface area contributed by atoms with E-state index in [9.17, 15) is 4.79 Å². The van der Waals surface area contributed by atoms with E-state index in [4.69, 9.17) is 10.3 Å². The van der Waals surface area contributed by atoms with Crippen LogP contribution in [0.4, 0.5) is 0 Å². The zero-order chi connectivity index (χ0) is 14.7. The Kier molecular flexibility index (Phi) is 4.81. The molecule has 1 heterocycles. The van der Waals surface area contributed by atoms with Crippen molar-refractivity contribution in [1.29, 1.82) is 0 Å². The van der Waals surface area contributed by atoms with Gasteiger partial charge in [-0.15, -0.1) is 0 Å². The summed E-state index contributed by atoms with van der Waals surface area (Å²) in [7, 11) is 0. The molecule has 1 saturated carbocycles. The average Bonchev–Trinajstić information content (AvgIpc) is 2.79.